The van der Waals surface area contributed by atoms with Crippen molar-refractivity contribution in [3.8, 4) is 0 Å². The number of hydrogen-bond donors (Lipinski definition) is 0. The van der Waals surface area contributed by atoms with Crippen molar-refractivity contribution >= 4 is 11.5 Å². The maximum Gasteiger partial charge on any atom is 0.270 e. The SMILES string of the molecule is CC(C)CC(C)N(C)CC(=O)c1cccc([N+](=O)[O-])c1. The molecular formula is C15H22N2O3. The van der Waals surface area contributed by atoms with E-state index >= 15 is 0 Å². The number of carbonyl (C=O) groups excluding carboxylic acids is 1. The maximum absolute atomic E-state index is 12.2. The molecule has 0 heterocycles. The van der Waals surface area contributed by atoms with Crippen LogP contribution in [0.4, 0.5) is 5.69 Å². The molecule has 0 spiro atoms. The molecule has 0 fully saturated rings. The van der Waals surface area contributed by atoms with Crippen LogP contribution in [-0.2, 0) is 0 Å². The summed E-state index contributed by atoms with van der Waals surface area (Å²) >= 11 is 0. The van der Waals surface area contributed by atoms with E-state index in [1.165, 1.54) is 12.1 Å². The maximum atomic E-state index is 12.2. The highest BCUT2D eigenvalue weighted by Gasteiger charge is 2.17. The number of Topliss-reactive ketones (excluding diaryl/α,β-unsaturated/α-hetero) is 1. The predicted molar refractivity (Wildman–Crippen MR) is 79.0 cm³/mol. The topological polar surface area (TPSA) is 63.5 Å². The van der Waals surface area contributed by atoms with Gasteiger partial charge in [-0.2, -0.15) is 0 Å². The molecule has 5 nitrogen and oxygen atoms in total. The lowest BCUT2D eigenvalue weighted by Gasteiger charge is -2.25. The molecule has 0 N–H and O–H groups in total. The van der Waals surface area contributed by atoms with Gasteiger partial charge < -0.3 is 0 Å². The van der Waals surface area contributed by atoms with E-state index in [0.717, 1.165) is 6.42 Å². The van der Waals surface area contributed by atoms with E-state index < -0.39 is 4.92 Å². The Morgan fingerprint density at radius 2 is 2.00 bits per heavy atom. The van der Waals surface area contributed by atoms with Crippen molar-refractivity contribution in [2.24, 2.45) is 5.92 Å². The van der Waals surface area contributed by atoms with Gasteiger partial charge in [-0.05, 0) is 26.3 Å². The molecular weight excluding hydrogens is 256 g/mol. The van der Waals surface area contributed by atoms with Gasteiger partial charge in [0.15, 0.2) is 5.78 Å². The monoisotopic (exact) mass is 278 g/mol. The van der Waals surface area contributed by atoms with Crippen LogP contribution in [0.15, 0.2) is 24.3 Å². The fraction of sp³-hybridized carbons (Fsp3) is 0.533. The molecule has 0 aromatic heterocycles. The summed E-state index contributed by atoms with van der Waals surface area (Å²) in [5, 5.41) is 10.7. The molecule has 1 unspecified atom stereocenters. The van der Waals surface area contributed by atoms with E-state index in [4.69, 9.17) is 0 Å². The van der Waals surface area contributed by atoms with Crippen molar-refractivity contribution in [2.75, 3.05) is 13.6 Å². The zero-order chi connectivity index (χ0) is 15.3. The van der Waals surface area contributed by atoms with Gasteiger partial charge in [-0.1, -0.05) is 26.0 Å². The van der Waals surface area contributed by atoms with Crippen molar-refractivity contribution in [1.29, 1.82) is 0 Å². The van der Waals surface area contributed by atoms with E-state index in [-0.39, 0.29) is 18.0 Å². The molecule has 0 bridgehead atoms. The van der Waals surface area contributed by atoms with Gasteiger partial charge >= 0.3 is 0 Å². The third kappa shape index (κ3) is 4.74. The largest absolute Gasteiger partial charge is 0.296 e. The summed E-state index contributed by atoms with van der Waals surface area (Å²) in [5.74, 6) is 0.479. The highest BCUT2D eigenvalue weighted by atomic mass is 16.6. The lowest BCUT2D eigenvalue weighted by Crippen LogP contribution is -2.34. The second kappa shape index (κ2) is 7.14. The molecule has 1 rings (SSSR count). The molecule has 1 atom stereocenters. The summed E-state index contributed by atoms with van der Waals surface area (Å²) in [6.45, 7) is 6.65. The Balaban J connectivity index is 2.71. The van der Waals surface area contributed by atoms with Crippen LogP contribution in [0.25, 0.3) is 0 Å². The van der Waals surface area contributed by atoms with Gasteiger partial charge in [-0.3, -0.25) is 19.8 Å². The van der Waals surface area contributed by atoms with E-state index in [9.17, 15) is 14.9 Å². The lowest BCUT2D eigenvalue weighted by atomic mass is 10.0. The zero-order valence-corrected chi connectivity index (χ0v) is 12.5. The average Bonchev–Trinajstić information content (AvgIpc) is 2.37. The van der Waals surface area contributed by atoms with E-state index in [1.54, 1.807) is 12.1 Å². The summed E-state index contributed by atoms with van der Waals surface area (Å²) < 4.78 is 0. The molecule has 1 aromatic rings. The molecule has 0 aliphatic heterocycles. The smallest absolute Gasteiger partial charge is 0.270 e. The van der Waals surface area contributed by atoms with Crippen LogP contribution in [0.1, 0.15) is 37.6 Å². The Bertz CT molecular complexity index is 486. The number of nitrogens with zero attached hydrogens (tertiary/aromatic N) is 2. The number of carbonyl (C=O) groups is 1. The van der Waals surface area contributed by atoms with Crippen molar-refractivity contribution in [3.05, 3.63) is 39.9 Å². The fourth-order valence-corrected chi connectivity index (χ4v) is 2.13. The van der Waals surface area contributed by atoms with Crippen molar-refractivity contribution in [3.63, 3.8) is 0 Å². The number of rotatable bonds is 7. The third-order valence-corrected chi connectivity index (χ3v) is 3.34. The number of hydrogen-bond acceptors (Lipinski definition) is 4. The first-order chi connectivity index (χ1) is 9.31. The number of nitro groups is 1. The quantitative estimate of drug-likeness (QED) is 0.436. The molecule has 0 saturated heterocycles. The van der Waals surface area contributed by atoms with Crippen molar-refractivity contribution in [2.45, 2.75) is 33.2 Å². The minimum Gasteiger partial charge on any atom is -0.296 e. The Labute approximate surface area is 119 Å². The first-order valence-corrected chi connectivity index (χ1v) is 6.79. The number of non-ortho nitro benzene ring substituents is 1. The minimum absolute atomic E-state index is 0.0475. The van der Waals surface area contributed by atoms with Crippen molar-refractivity contribution in [1.82, 2.24) is 4.90 Å². The lowest BCUT2D eigenvalue weighted by molar-refractivity contribution is -0.384. The Morgan fingerprint density at radius 1 is 1.35 bits per heavy atom. The zero-order valence-electron chi connectivity index (χ0n) is 12.5. The second-order valence-electron chi connectivity index (χ2n) is 5.62. The molecule has 20 heavy (non-hydrogen) atoms. The number of benzene rings is 1. The van der Waals surface area contributed by atoms with Gasteiger partial charge in [0.25, 0.3) is 5.69 Å². The molecule has 0 amide bonds. The molecule has 5 heteroatoms. The summed E-state index contributed by atoms with van der Waals surface area (Å²) in [4.78, 5) is 24.4. The van der Waals surface area contributed by atoms with Gasteiger partial charge in [0.05, 0.1) is 11.5 Å². The van der Waals surface area contributed by atoms with Crippen LogP contribution in [0, 0.1) is 16.0 Å². The number of likely N-dealkylation sites (N-methyl/N-ethyl adjacent to an activating group) is 1. The van der Waals surface area contributed by atoms with E-state index in [1.807, 2.05) is 11.9 Å². The van der Waals surface area contributed by atoms with Gasteiger partial charge in [0, 0.05) is 23.7 Å². The molecule has 0 saturated carbocycles. The third-order valence-electron chi connectivity index (χ3n) is 3.34. The van der Waals surface area contributed by atoms with Gasteiger partial charge in [0.1, 0.15) is 0 Å². The van der Waals surface area contributed by atoms with Crippen LogP contribution in [-0.4, -0.2) is 35.2 Å². The molecule has 0 aliphatic carbocycles. The normalized spacial score (nSPS) is 12.7. The second-order valence-corrected chi connectivity index (χ2v) is 5.62. The number of nitro benzene ring substituents is 1. The Morgan fingerprint density at radius 3 is 2.55 bits per heavy atom. The Hall–Kier alpha value is -1.75. The number of ketones is 1. The highest BCUT2D eigenvalue weighted by molar-refractivity contribution is 5.98. The van der Waals surface area contributed by atoms with Crippen LogP contribution < -0.4 is 0 Å². The van der Waals surface area contributed by atoms with Crippen LogP contribution >= 0.6 is 0 Å². The molecule has 0 radical (unpaired) electrons. The average molecular weight is 278 g/mol. The van der Waals surface area contributed by atoms with Crippen molar-refractivity contribution < 1.29 is 9.72 Å². The summed E-state index contributed by atoms with van der Waals surface area (Å²) in [6, 6.07) is 6.20. The van der Waals surface area contributed by atoms with Gasteiger partial charge in [0.2, 0.25) is 0 Å². The van der Waals surface area contributed by atoms with Gasteiger partial charge in [-0.25, -0.2) is 0 Å². The Kier molecular flexibility index (Phi) is 5.82. The van der Waals surface area contributed by atoms with Crippen LogP contribution in [0.5, 0.6) is 0 Å². The summed E-state index contributed by atoms with van der Waals surface area (Å²) in [7, 11) is 1.91. The fourth-order valence-electron chi connectivity index (χ4n) is 2.13. The highest BCUT2D eigenvalue weighted by Crippen LogP contribution is 2.15. The first-order valence-electron chi connectivity index (χ1n) is 6.79. The summed E-state index contributed by atoms with van der Waals surface area (Å²) in [6.07, 6.45) is 1.01. The van der Waals surface area contributed by atoms with Crippen LogP contribution in [0.2, 0.25) is 0 Å². The summed E-state index contributed by atoms with van der Waals surface area (Å²) in [5.41, 5.74) is 0.344. The van der Waals surface area contributed by atoms with E-state index in [0.29, 0.717) is 17.5 Å². The van der Waals surface area contributed by atoms with Gasteiger partial charge in [-0.15, -0.1) is 0 Å². The standard InChI is InChI=1S/C15H22N2O3/c1-11(2)8-12(3)16(4)10-15(18)13-6-5-7-14(9-13)17(19)20/h5-7,9,11-12H,8,10H2,1-4H3. The predicted octanol–water partition coefficient (Wildman–Crippen LogP) is 3.14. The van der Waals surface area contributed by atoms with E-state index in [2.05, 4.69) is 20.8 Å². The molecule has 0 aliphatic rings. The minimum atomic E-state index is -0.484. The molecule has 110 valence electrons. The first kappa shape index (κ1) is 16.3. The molecule has 1 aromatic carbocycles. The van der Waals surface area contributed by atoms with Crippen LogP contribution in [0.3, 0.4) is 0 Å².